The van der Waals surface area contributed by atoms with Crippen LogP contribution in [0.1, 0.15) is 26.3 Å². The Morgan fingerprint density at radius 3 is 1.54 bits per heavy atom. The van der Waals surface area contributed by atoms with Gasteiger partial charge in [0.15, 0.2) is 0 Å². The zero-order chi connectivity index (χ0) is 32.1. The van der Waals surface area contributed by atoms with Crippen LogP contribution in [0.5, 0.6) is 0 Å². The van der Waals surface area contributed by atoms with E-state index in [1.54, 1.807) is 0 Å². The van der Waals surface area contributed by atoms with Gasteiger partial charge in [-0.25, -0.2) is 0 Å². The normalized spacial score (nSPS) is 12.5. The molecule has 0 fully saturated rings. The standard InChI is InChI=1S/C46H32O2/c1-46(2,3)29-23-20-27(21-24-29)40-30-12-4-6-14-32(30)42(33-15-7-5-13-31(33)40)36-26-28-22-25-39-43(34-16-8-10-18-37(34)47-39)41(28)44-35-17-9-11-19-38(35)48-45(36)44/h4-26H,1-3H3. The van der Waals surface area contributed by atoms with Crippen LogP contribution in [0.4, 0.5) is 0 Å². The number of furan rings is 2. The van der Waals surface area contributed by atoms with E-state index < -0.39 is 0 Å². The molecule has 0 aliphatic carbocycles. The van der Waals surface area contributed by atoms with E-state index in [1.165, 1.54) is 49.2 Å². The van der Waals surface area contributed by atoms with Crippen LogP contribution in [0.25, 0.3) is 98.4 Å². The maximum absolute atomic E-state index is 6.91. The van der Waals surface area contributed by atoms with Gasteiger partial charge in [-0.2, -0.15) is 0 Å². The highest BCUT2D eigenvalue weighted by atomic mass is 16.3. The van der Waals surface area contributed by atoms with Gasteiger partial charge in [-0.15, -0.1) is 0 Å². The first kappa shape index (κ1) is 27.3. The molecule has 0 unspecified atom stereocenters. The fourth-order valence-corrected chi connectivity index (χ4v) is 7.98. The van der Waals surface area contributed by atoms with Gasteiger partial charge in [0.25, 0.3) is 0 Å². The van der Waals surface area contributed by atoms with Crippen molar-refractivity contribution in [2.75, 3.05) is 0 Å². The molecule has 0 aliphatic heterocycles. The highest BCUT2D eigenvalue weighted by molar-refractivity contribution is 6.34. The summed E-state index contributed by atoms with van der Waals surface area (Å²) in [4.78, 5) is 0. The molecule has 0 saturated heterocycles. The minimum Gasteiger partial charge on any atom is -0.456 e. The summed E-state index contributed by atoms with van der Waals surface area (Å²) in [6.45, 7) is 6.80. The van der Waals surface area contributed by atoms with E-state index >= 15 is 0 Å². The minimum atomic E-state index is 0.0921. The van der Waals surface area contributed by atoms with Crippen molar-refractivity contribution in [3.63, 3.8) is 0 Å². The number of hydrogen-bond acceptors (Lipinski definition) is 2. The molecule has 0 amide bonds. The molecular formula is C46H32O2. The zero-order valence-electron chi connectivity index (χ0n) is 27.1. The monoisotopic (exact) mass is 616 g/mol. The second-order valence-electron chi connectivity index (χ2n) is 14.0. The van der Waals surface area contributed by atoms with Gasteiger partial charge >= 0.3 is 0 Å². The Morgan fingerprint density at radius 1 is 0.417 bits per heavy atom. The van der Waals surface area contributed by atoms with Gasteiger partial charge in [-0.05, 0) is 73.3 Å². The highest BCUT2D eigenvalue weighted by Gasteiger charge is 2.24. The summed E-state index contributed by atoms with van der Waals surface area (Å²) in [6.07, 6.45) is 0. The summed E-state index contributed by atoms with van der Waals surface area (Å²) in [5.41, 5.74) is 9.78. The van der Waals surface area contributed by atoms with Crippen molar-refractivity contribution in [2.24, 2.45) is 0 Å². The first-order valence-electron chi connectivity index (χ1n) is 16.7. The average molecular weight is 617 g/mol. The lowest BCUT2D eigenvalue weighted by Gasteiger charge is -2.21. The Balaban J connectivity index is 1.37. The van der Waals surface area contributed by atoms with Crippen LogP contribution in [-0.4, -0.2) is 0 Å². The Kier molecular flexibility index (Phi) is 5.58. The average Bonchev–Trinajstić information content (AvgIpc) is 3.69. The predicted molar refractivity (Wildman–Crippen MR) is 203 cm³/mol. The number of hydrogen-bond donors (Lipinski definition) is 0. The third-order valence-electron chi connectivity index (χ3n) is 10.2. The van der Waals surface area contributed by atoms with Gasteiger partial charge < -0.3 is 8.83 Å². The van der Waals surface area contributed by atoms with Crippen LogP contribution < -0.4 is 0 Å². The molecule has 2 heteroatoms. The van der Waals surface area contributed by atoms with E-state index in [1.807, 2.05) is 6.07 Å². The number of rotatable bonds is 2. The molecule has 2 heterocycles. The van der Waals surface area contributed by atoms with Gasteiger partial charge in [0.1, 0.15) is 22.3 Å². The van der Waals surface area contributed by atoms with Gasteiger partial charge in [-0.1, -0.05) is 136 Å². The largest absolute Gasteiger partial charge is 0.456 e. The van der Waals surface area contributed by atoms with E-state index in [-0.39, 0.29) is 5.41 Å². The molecule has 228 valence electrons. The van der Waals surface area contributed by atoms with Gasteiger partial charge in [0.2, 0.25) is 0 Å². The number of benzene rings is 8. The smallest absolute Gasteiger partial charge is 0.143 e. The Bertz CT molecular complexity index is 2850. The van der Waals surface area contributed by atoms with Crippen molar-refractivity contribution < 1.29 is 8.83 Å². The summed E-state index contributed by atoms with van der Waals surface area (Å²) in [6, 6.07) is 50.3. The first-order chi connectivity index (χ1) is 23.5. The summed E-state index contributed by atoms with van der Waals surface area (Å²) in [5.74, 6) is 0. The molecule has 0 bridgehead atoms. The van der Waals surface area contributed by atoms with Crippen molar-refractivity contribution in [1.29, 1.82) is 0 Å². The van der Waals surface area contributed by atoms with E-state index in [0.717, 1.165) is 54.8 Å². The highest BCUT2D eigenvalue weighted by Crippen LogP contribution is 2.50. The lowest BCUT2D eigenvalue weighted by Crippen LogP contribution is -2.10. The van der Waals surface area contributed by atoms with Crippen molar-refractivity contribution in [3.8, 4) is 22.3 Å². The van der Waals surface area contributed by atoms with Gasteiger partial charge in [0.05, 0.1) is 0 Å². The van der Waals surface area contributed by atoms with Crippen LogP contribution in [0.2, 0.25) is 0 Å². The molecule has 0 saturated carbocycles. The van der Waals surface area contributed by atoms with Crippen LogP contribution in [-0.2, 0) is 5.41 Å². The Hall–Kier alpha value is -5.86. The van der Waals surface area contributed by atoms with Gasteiger partial charge in [0, 0.05) is 38.1 Å². The quantitative estimate of drug-likeness (QED) is 0.181. The zero-order valence-corrected chi connectivity index (χ0v) is 27.1. The predicted octanol–water partition coefficient (Wildman–Crippen LogP) is 13.6. The van der Waals surface area contributed by atoms with Crippen molar-refractivity contribution in [2.45, 2.75) is 26.2 Å². The van der Waals surface area contributed by atoms with Crippen LogP contribution >= 0.6 is 0 Å². The van der Waals surface area contributed by atoms with E-state index in [9.17, 15) is 0 Å². The minimum absolute atomic E-state index is 0.0921. The summed E-state index contributed by atoms with van der Waals surface area (Å²) in [7, 11) is 0. The van der Waals surface area contributed by atoms with E-state index in [4.69, 9.17) is 8.83 Å². The molecule has 0 spiro atoms. The number of fused-ring (bicyclic) bond motifs is 11. The molecule has 48 heavy (non-hydrogen) atoms. The van der Waals surface area contributed by atoms with Crippen LogP contribution in [0.15, 0.2) is 148 Å². The van der Waals surface area contributed by atoms with E-state index in [0.29, 0.717) is 0 Å². The van der Waals surface area contributed by atoms with Crippen molar-refractivity contribution in [3.05, 3.63) is 145 Å². The SMILES string of the molecule is CC(C)(C)c1ccc(-c2c3ccccc3c(-c3cc4ccc5oc6ccccc6c5c4c4c3oc3ccccc34)c3ccccc23)cc1. The molecule has 10 rings (SSSR count). The lowest BCUT2D eigenvalue weighted by atomic mass is 9.83. The summed E-state index contributed by atoms with van der Waals surface area (Å²) < 4.78 is 13.3. The molecule has 10 aromatic rings. The molecule has 0 aliphatic rings. The lowest BCUT2D eigenvalue weighted by molar-refractivity contribution is 0.590. The molecule has 0 atom stereocenters. The topological polar surface area (TPSA) is 26.3 Å². The first-order valence-corrected chi connectivity index (χ1v) is 16.7. The Morgan fingerprint density at radius 2 is 0.938 bits per heavy atom. The number of para-hydroxylation sites is 2. The summed E-state index contributed by atoms with van der Waals surface area (Å²) >= 11 is 0. The molecule has 0 N–H and O–H groups in total. The fraction of sp³-hybridized carbons (Fsp3) is 0.0870. The van der Waals surface area contributed by atoms with Gasteiger partial charge in [-0.3, -0.25) is 0 Å². The van der Waals surface area contributed by atoms with Crippen molar-refractivity contribution >= 4 is 76.2 Å². The second-order valence-corrected chi connectivity index (χ2v) is 14.0. The van der Waals surface area contributed by atoms with E-state index in [2.05, 4.69) is 154 Å². The third kappa shape index (κ3) is 3.80. The van der Waals surface area contributed by atoms with Crippen molar-refractivity contribution in [1.82, 2.24) is 0 Å². The summed E-state index contributed by atoms with van der Waals surface area (Å²) in [5, 5.41) is 11.7. The molecule has 0 radical (unpaired) electrons. The molecule has 8 aromatic carbocycles. The Labute approximate surface area is 277 Å². The van der Waals surface area contributed by atoms with Crippen LogP contribution in [0, 0.1) is 0 Å². The molecule has 2 aromatic heterocycles. The maximum atomic E-state index is 6.91. The van der Waals surface area contributed by atoms with Crippen LogP contribution in [0.3, 0.4) is 0 Å². The fourth-order valence-electron chi connectivity index (χ4n) is 7.98. The molecule has 2 nitrogen and oxygen atoms in total. The third-order valence-corrected chi connectivity index (χ3v) is 10.2. The maximum Gasteiger partial charge on any atom is 0.143 e. The second kappa shape index (κ2) is 9.82. The molecular weight excluding hydrogens is 585 g/mol.